The summed E-state index contributed by atoms with van der Waals surface area (Å²) in [7, 11) is -2.04. The van der Waals surface area contributed by atoms with E-state index in [1.807, 2.05) is 48.5 Å². The third-order valence-electron chi connectivity index (χ3n) is 6.85. The molecule has 7 nitrogen and oxygen atoms in total. The van der Waals surface area contributed by atoms with Crippen LogP contribution in [-0.4, -0.2) is 32.5 Å². The second kappa shape index (κ2) is 10.8. The number of amides is 1. The van der Waals surface area contributed by atoms with Gasteiger partial charge in [0.1, 0.15) is 0 Å². The van der Waals surface area contributed by atoms with Gasteiger partial charge in [-0.3, -0.25) is 4.79 Å². The van der Waals surface area contributed by atoms with Crippen molar-refractivity contribution in [3.05, 3.63) is 78.9 Å². The van der Waals surface area contributed by atoms with Crippen molar-refractivity contribution in [2.24, 2.45) is 0 Å². The number of carbonyl (C=O) groups is 1. The number of aryl methyl sites for hydroxylation is 1. The van der Waals surface area contributed by atoms with Gasteiger partial charge < -0.3 is 14.6 Å². The number of hydrogen-bond donors (Lipinski definition) is 2. The smallest absolute Gasteiger partial charge is 0.241 e. The third kappa shape index (κ3) is 4.85. The van der Waals surface area contributed by atoms with Crippen LogP contribution in [0.3, 0.4) is 0 Å². The van der Waals surface area contributed by atoms with Gasteiger partial charge in [0, 0.05) is 35.8 Å². The Hall–Kier alpha value is -3.88. The number of rotatable bonds is 10. The van der Waals surface area contributed by atoms with Crippen LogP contribution in [0.15, 0.2) is 83.8 Å². The molecule has 0 unspecified atom stereocenters. The molecule has 8 heteroatoms. The molecule has 5 aromatic rings. The summed E-state index contributed by atoms with van der Waals surface area (Å²) in [5, 5.41) is 6.61. The second-order valence-corrected chi connectivity index (χ2v) is 10.9. The molecule has 0 atom stereocenters. The van der Waals surface area contributed by atoms with Crippen LogP contribution in [0.5, 0.6) is 5.75 Å². The highest BCUT2D eigenvalue weighted by Crippen LogP contribution is 2.40. The number of hydrogen-bond acceptors (Lipinski definition) is 4. The van der Waals surface area contributed by atoms with Crippen molar-refractivity contribution >= 4 is 54.2 Å². The minimum Gasteiger partial charge on any atom is -0.494 e. The summed E-state index contributed by atoms with van der Waals surface area (Å²) in [5.41, 5.74) is 2.81. The summed E-state index contributed by atoms with van der Waals surface area (Å²) in [6.07, 6.45) is 1.36. The maximum atomic E-state index is 12.9. The average molecular weight is 530 g/mol. The van der Waals surface area contributed by atoms with E-state index < -0.39 is 10.0 Å². The van der Waals surface area contributed by atoms with Gasteiger partial charge in [0.05, 0.1) is 28.6 Å². The molecular formula is C30H31N3O4S. The monoisotopic (exact) mass is 529 g/mol. The minimum absolute atomic E-state index is 0.140. The first-order chi connectivity index (χ1) is 18.4. The molecule has 0 aliphatic rings. The molecule has 1 aromatic heterocycles. The normalized spacial score (nSPS) is 11.8. The zero-order valence-electron chi connectivity index (χ0n) is 21.5. The van der Waals surface area contributed by atoms with Crippen LogP contribution < -0.4 is 14.8 Å². The first kappa shape index (κ1) is 25.8. The number of carbonyl (C=O) groups excluding carboxylic acids is 1. The highest BCUT2D eigenvalue weighted by molar-refractivity contribution is 7.89. The maximum Gasteiger partial charge on any atom is 0.241 e. The molecule has 0 bridgehead atoms. The molecule has 2 N–H and O–H groups in total. The molecule has 0 fully saturated rings. The van der Waals surface area contributed by atoms with Crippen LogP contribution in [0.2, 0.25) is 0 Å². The second-order valence-electron chi connectivity index (χ2n) is 9.18. The molecule has 0 aliphatic heterocycles. The largest absolute Gasteiger partial charge is 0.494 e. The van der Waals surface area contributed by atoms with Crippen molar-refractivity contribution in [3.63, 3.8) is 0 Å². The molecule has 1 heterocycles. The number of aromatic nitrogens is 1. The molecule has 1 amide bonds. The highest BCUT2D eigenvalue weighted by Gasteiger charge is 2.19. The van der Waals surface area contributed by atoms with Crippen molar-refractivity contribution in [3.8, 4) is 5.75 Å². The fourth-order valence-corrected chi connectivity index (χ4v) is 6.40. The van der Waals surface area contributed by atoms with Gasteiger partial charge in [0.25, 0.3) is 0 Å². The number of anilines is 1. The van der Waals surface area contributed by atoms with Crippen molar-refractivity contribution in [2.45, 2.75) is 37.6 Å². The number of sulfonamides is 1. The summed E-state index contributed by atoms with van der Waals surface area (Å²) >= 11 is 0. The zero-order valence-corrected chi connectivity index (χ0v) is 22.3. The standard InChI is InChI=1S/C30H31N3O4S/c1-3-33-25-15-7-6-14-23(25)29-26(33)19-18-24(30(29)37-2)32-28(34)17-8-9-20-31-38(35,36)27-16-10-12-21-11-4-5-13-22(21)27/h4-7,10-16,18-19,31H,3,8-9,17,20H2,1-2H3,(H,32,34). The first-order valence-corrected chi connectivity index (χ1v) is 14.3. The number of ether oxygens (including phenoxy) is 1. The predicted octanol–water partition coefficient (Wildman–Crippen LogP) is 6.06. The number of para-hydroxylation sites is 1. The zero-order chi connectivity index (χ0) is 26.7. The fraction of sp³-hybridized carbons (Fsp3) is 0.233. The number of methoxy groups -OCH3 is 1. The molecule has 5 rings (SSSR count). The van der Waals surface area contributed by atoms with Gasteiger partial charge in [0.2, 0.25) is 15.9 Å². The lowest BCUT2D eigenvalue weighted by molar-refractivity contribution is -0.116. The Morgan fingerprint density at radius 1 is 0.868 bits per heavy atom. The molecule has 38 heavy (non-hydrogen) atoms. The van der Waals surface area contributed by atoms with Gasteiger partial charge in [-0.2, -0.15) is 0 Å². The van der Waals surface area contributed by atoms with Crippen LogP contribution in [0, 0.1) is 0 Å². The Bertz CT molecular complexity index is 1740. The molecule has 0 saturated carbocycles. The Morgan fingerprint density at radius 2 is 1.61 bits per heavy atom. The lowest BCUT2D eigenvalue weighted by atomic mass is 10.1. The summed E-state index contributed by atoms with van der Waals surface area (Å²) in [6.45, 7) is 3.18. The van der Waals surface area contributed by atoms with Crippen molar-refractivity contribution in [2.75, 3.05) is 19.0 Å². The molecule has 0 aliphatic carbocycles. The van der Waals surface area contributed by atoms with E-state index in [0.29, 0.717) is 29.7 Å². The number of benzene rings is 4. The third-order valence-corrected chi connectivity index (χ3v) is 8.37. The number of unbranched alkanes of at least 4 members (excludes halogenated alkanes) is 1. The Balaban J connectivity index is 1.22. The first-order valence-electron chi connectivity index (χ1n) is 12.8. The summed E-state index contributed by atoms with van der Waals surface area (Å²) in [6, 6.07) is 24.7. The van der Waals surface area contributed by atoms with Gasteiger partial charge in [-0.05, 0) is 49.4 Å². The summed E-state index contributed by atoms with van der Waals surface area (Å²) < 4.78 is 36.4. The van der Waals surface area contributed by atoms with Crippen LogP contribution in [-0.2, 0) is 21.4 Å². The topological polar surface area (TPSA) is 89.4 Å². The van der Waals surface area contributed by atoms with Crippen molar-refractivity contribution in [1.82, 2.24) is 9.29 Å². The summed E-state index contributed by atoms with van der Waals surface area (Å²) in [5.74, 6) is 0.501. The van der Waals surface area contributed by atoms with Crippen LogP contribution >= 0.6 is 0 Å². The molecule has 196 valence electrons. The van der Waals surface area contributed by atoms with E-state index in [4.69, 9.17) is 4.74 Å². The lowest BCUT2D eigenvalue weighted by Crippen LogP contribution is -2.25. The average Bonchev–Trinajstić information content (AvgIpc) is 3.26. The van der Waals surface area contributed by atoms with Gasteiger partial charge >= 0.3 is 0 Å². The molecule has 4 aromatic carbocycles. The van der Waals surface area contributed by atoms with E-state index >= 15 is 0 Å². The van der Waals surface area contributed by atoms with E-state index in [1.165, 1.54) is 0 Å². The SMILES string of the molecule is CCn1c2ccccc2c2c(OC)c(NC(=O)CCCCNS(=O)(=O)c3cccc4ccccc34)ccc21. The van der Waals surface area contributed by atoms with Crippen molar-refractivity contribution in [1.29, 1.82) is 0 Å². The molecule has 0 spiro atoms. The van der Waals surface area contributed by atoms with E-state index in [9.17, 15) is 13.2 Å². The van der Waals surface area contributed by atoms with Crippen molar-refractivity contribution < 1.29 is 17.9 Å². The fourth-order valence-electron chi connectivity index (χ4n) is 5.10. The van der Waals surface area contributed by atoms with Crippen LogP contribution in [0.25, 0.3) is 32.6 Å². The van der Waals surface area contributed by atoms with Gasteiger partial charge in [-0.1, -0.05) is 54.6 Å². The quantitative estimate of drug-likeness (QED) is 0.215. The Morgan fingerprint density at radius 3 is 2.39 bits per heavy atom. The maximum absolute atomic E-state index is 12.9. The van der Waals surface area contributed by atoms with Crippen LogP contribution in [0.4, 0.5) is 5.69 Å². The number of nitrogens with zero attached hydrogens (tertiary/aromatic N) is 1. The highest BCUT2D eigenvalue weighted by atomic mass is 32.2. The Kier molecular flexibility index (Phi) is 7.35. The van der Waals surface area contributed by atoms with E-state index in [0.717, 1.165) is 33.7 Å². The lowest BCUT2D eigenvalue weighted by Gasteiger charge is -2.13. The molecule has 0 radical (unpaired) electrons. The number of fused-ring (bicyclic) bond motifs is 4. The molecular weight excluding hydrogens is 498 g/mol. The van der Waals surface area contributed by atoms with E-state index in [2.05, 4.69) is 33.7 Å². The molecule has 0 saturated heterocycles. The minimum atomic E-state index is -3.65. The Labute approximate surface area is 222 Å². The summed E-state index contributed by atoms with van der Waals surface area (Å²) in [4.78, 5) is 13.0. The van der Waals surface area contributed by atoms with Gasteiger partial charge in [-0.25, -0.2) is 13.1 Å². The van der Waals surface area contributed by atoms with E-state index in [-0.39, 0.29) is 23.8 Å². The van der Waals surface area contributed by atoms with E-state index in [1.54, 1.807) is 25.3 Å². The predicted molar refractivity (Wildman–Crippen MR) is 153 cm³/mol. The number of nitrogens with one attached hydrogen (secondary N) is 2. The van der Waals surface area contributed by atoms with Gasteiger partial charge in [0.15, 0.2) is 5.75 Å². The van der Waals surface area contributed by atoms with Crippen LogP contribution in [0.1, 0.15) is 26.2 Å². The van der Waals surface area contributed by atoms with Gasteiger partial charge in [-0.15, -0.1) is 0 Å².